The zero-order chi connectivity index (χ0) is 8.55. The molecule has 60 valence electrons. The lowest BCUT2D eigenvalue weighted by molar-refractivity contribution is 0.112. The van der Waals surface area contributed by atoms with Crippen molar-refractivity contribution in [1.82, 2.24) is 4.98 Å². The summed E-state index contributed by atoms with van der Waals surface area (Å²) in [4.78, 5) is 13.6. The van der Waals surface area contributed by atoms with Crippen molar-refractivity contribution in [3.63, 3.8) is 0 Å². The number of nitrogen functional groups attached to an aromatic ring is 1. The number of fused-ring (bicyclic) bond motifs is 1. The van der Waals surface area contributed by atoms with Gasteiger partial charge in [-0.25, -0.2) is 0 Å². The van der Waals surface area contributed by atoms with Crippen LogP contribution in [0, 0.1) is 0 Å². The minimum Gasteiger partial charge on any atom is -0.399 e. The molecule has 0 radical (unpaired) electrons. The molecular weight excluding hydrogens is 152 g/mol. The quantitative estimate of drug-likeness (QED) is 0.491. The van der Waals surface area contributed by atoms with E-state index in [1.165, 1.54) is 0 Å². The molecule has 0 amide bonds. The molecule has 1 aromatic heterocycles. The zero-order valence-electron chi connectivity index (χ0n) is 6.37. The fourth-order valence-electron chi connectivity index (χ4n) is 1.32. The number of rotatable bonds is 1. The van der Waals surface area contributed by atoms with Gasteiger partial charge in [-0.1, -0.05) is 0 Å². The van der Waals surface area contributed by atoms with Crippen LogP contribution < -0.4 is 5.73 Å². The van der Waals surface area contributed by atoms with Crippen LogP contribution in [0.1, 0.15) is 10.4 Å². The lowest BCUT2D eigenvalue weighted by Gasteiger charge is -1.96. The van der Waals surface area contributed by atoms with Gasteiger partial charge in [0.1, 0.15) is 0 Å². The Kier molecular flexibility index (Phi) is 1.37. The van der Waals surface area contributed by atoms with Gasteiger partial charge in [0.05, 0.1) is 0 Å². The molecule has 0 unspecified atom stereocenters. The number of nitrogens with one attached hydrogen (secondary N) is 1. The predicted octanol–water partition coefficient (Wildman–Crippen LogP) is 1.56. The Hall–Kier alpha value is -1.77. The van der Waals surface area contributed by atoms with Gasteiger partial charge in [0, 0.05) is 28.4 Å². The second-order valence-electron chi connectivity index (χ2n) is 2.67. The van der Waals surface area contributed by atoms with Crippen molar-refractivity contribution < 1.29 is 4.79 Å². The highest BCUT2D eigenvalue weighted by atomic mass is 16.1. The number of benzene rings is 1. The van der Waals surface area contributed by atoms with E-state index in [0.717, 1.165) is 17.2 Å². The first-order chi connectivity index (χ1) is 5.81. The maximum absolute atomic E-state index is 10.6. The number of carbonyl (C=O) groups excluding carboxylic acids is 1. The minimum absolute atomic E-state index is 0.604. The number of H-pyrrole nitrogens is 1. The lowest BCUT2D eigenvalue weighted by atomic mass is 10.1. The normalized spacial score (nSPS) is 10.3. The summed E-state index contributed by atoms with van der Waals surface area (Å²) in [5, 5.41) is 0.916. The van der Waals surface area contributed by atoms with E-state index in [4.69, 9.17) is 5.73 Å². The van der Waals surface area contributed by atoms with Gasteiger partial charge < -0.3 is 10.7 Å². The molecule has 0 aliphatic carbocycles. The molecule has 1 heterocycles. The van der Waals surface area contributed by atoms with Crippen LogP contribution >= 0.6 is 0 Å². The average molecular weight is 160 g/mol. The van der Waals surface area contributed by atoms with E-state index in [1.807, 2.05) is 12.1 Å². The van der Waals surface area contributed by atoms with Crippen LogP contribution in [0.2, 0.25) is 0 Å². The summed E-state index contributed by atoms with van der Waals surface area (Å²) in [5.41, 5.74) is 7.72. The van der Waals surface area contributed by atoms with E-state index < -0.39 is 0 Å². The first kappa shape index (κ1) is 6.91. The van der Waals surface area contributed by atoms with Crippen LogP contribution in [0.4, 0.5) is 5.69 Å². The SMILES string of the molecule is Nc1cc(C=O)c2cc[nH]c2c1. The average Bonchev–Trinajstić information content (AvgIpc) is 2.50. The number of aromatic nitrogens is 1. The molecule has 0 saturated carbocycles. The zero-order valence-corrected chi connectivity index (χ0v) is 6.37. The Balaban J connectivity index is 2.88. The summed E-state index contributed by atoms with van der Waals surface area (Å²) in [5.74, 6) is 0. The summed E-state index contributed by atoms with van der Waals surface area (Å²) in [6.07, 6.45) is 2.60. The first-order valence-corrected chi connectivity index (χ1v) is 3.63. The van der Waals surface area contributed by atoms with Crippen LogP contribution in [0.3, 0.4) is 0 Å². The van der Waals surface area contributed by atoms with Gasteiger partial charge in [-0.3, -0.25) is 4.79 Å². The number of nitrogens with two attached hydrogens (primary N) is 1. The van der Waals surface area contributed by atoms with Crippen molar-refractivity contribution in [1.29, 1.82) is 0 Å². The predicted molar refractivity (Wildman–Crippen MR) is 48.1 cm³/mol. The van der Waals surface area contributed by atoms with Crippen molar-refractivity contribution in [3.8, 4) is 0 Å². The minimum atomic E-state index is 0.604. The summed E-state index contributed by atoms with van der Waals surface area (Å²) >= 11 is 0. The molecule has 3 heteroatoms. The lowest BCUT2D eigenvalue weighted by Crippen LogP contribution is -1.88. The van der Waals surface area contributed by atoms with E-state index in [-0.39, 0.29) is 0 Å². The summed E-state index contributed by atoms with van der Waals surface area (Å²) in [6, 6.07) is 5.34. The van der Waals surface area contributed by atoms with Gasteiger partial charge in [-0.05, 0) is 18.2 Å². The van der Waals surface area contributed by atoms with Gasteiger partial charge in [0.25, 0.3) is 0 Å². The van der Waals surface area contributed by atoms with E-state index >= 15 is 0 Å². The molecule has 3 N–H and O–H groups in total. The molecule has 12 heavy (non-hydrogen) atoms. The number of hydrogen-bond acceptors (Lipinski definition) is 2. The molecule has 0 bridgehead atoms. The Morgan fingerprint density at radius 3 is 3.00 bits per heavy atom. The third-order valence-corrected chi connectivity index (χ3v) is 1.85. The van der Waals surface area contributed by atoms with Crippen LogP contribution in [0.15, 0.2) is 24.4 Å². The number of anilines is 1. The van der Waals surface area contributed by atoms with Gasteiger partial charge in [-0.15, -0.1) is 0 Å². The molecule has 0 saturated heterocycles. The summed E-state index contributed by atoms with van der Waals surface area (Å²) in [7, 11) is 0. The number of hydrogen-bond donors (Lipinski definition) is 2. The molecule has 2 rings (SSSR count). The highest BCUT2D eigenvalue weighted by Gasteiger charge is 2.01. The molecule has 2 aromatic rings. The van der Waals surface area contributed by atoms with E-state index in [0.29, 0.717) is 11.3 Å². The summed E-state index contributed by atoms with van der Waals surface area (Å²) in [6.45, 7) is 0. The molecule has 1 aromatic carbocycles. The Morgan fingerprint density at radius 2 is 2.25 bits per heavy atom. The van der Waals surface area contributed by atoms with Gasteiger partial charge in [-0.2, -0.15) is 0 Å². The fraction of sp³-hybridized carbons (Fsp3) is 0. The van der Waals surface area contributed by atoms with E-state index in [1.54, 1.807) is 12.3 Å². The Labute approximate surface area is 69.2 Å². The molecule has 3 nitrogen and oxygen atoms in total. The van der Waals surface area contributed by atoms with Crippen LogP contribution in [0.25, 0.3) is 10.9 Å². The van der Waals surface area contributed by atoms with Crippen molar-refractivity contribution in [2.24, 2.45) is 0 Å². The van der Waals surface area contributed by atoms with Crippen LogP contribution in [-0.2, 0) is 0 Å². The van der Waals surface area contributed by atoms with Gasteiger partial charge >= 0.3 is 0 Å². The van der Waals surface area contributed by atoms with Gasteiger partial charge in [0.2, 0.25) is 0 Å². The second-order valence-corrected chi connectivity index (χ2v) is 2.67. The summed E-state index contributed by atoms with van der Waals surface area (Å²) < 4.78 is 0. The standard InChI is InChI=1S/C9H8N2O/c10-7-3-6(5-12)8-1-2-11-9(8)4-7/h1-5,11H,10H2. The van der Waals surface area contributed by atoms with Crippen molar-refractivity contribution in [2.45, 2.75) is 0 Å². The smallest absolute Gasteiger partial charge is 0.150 e. The first-order valence-electron chi connectivity index (χ1n) is 3.63. The molecule has 0 aliphatic heterocycles. The molecule has 0 atom stereocenters. The number of carbonyl (C=O) groups is 1. The van der Waals surface area contributed by atoms with E-state index in [2.05, 4.69) is 4.98 Å². The third kappa shape index (κ3) is 0.871. The highest BCUT2D eigenvalue weighted by molar-refractivity contribution is 5.98. The highest BCUT2D eigenvalue weighted by Crippen LogP contribution is 2.19. The third-order valence-electron chi connectivity index (χ3n) is 1.85. The molecule has 0 aliphatic rings. The van der Waals surface area contributed by atoms with Crippen LogP contribution in [0.5, 0.6) is 0 Å². The van der Waals surface area contributed by atoms with Crippen LogP contribution in [-0.4, -0.2) is 11.3 Å². The fourth-order valence-corrected chi connectivity index (χ4v) is 1.32. The maximum atomic E-state index is 10.6. The maximum Gasteiger partial charge on any atom is 0.150 e. The van der Waals surface area contributed by atoms with Gasteiger partial charge in [0.15, 0.2) is 6.29 Å². The second kappa shape index (κ2) is 2.37. The monoisotopic (exact) mass is 160 g/mol. The molecular formula is C9H8N2O. The Bertz CT molecular complexity index is 431. The largest absolute Gasteiger partial charge is 0.399 e. The number of aromatic amines is 1. The molecule has 0 spiro atoms. The number of aldehydes is 1. The van der Waals surface area contributed by atoms with Crippen molar-refractivity contribution in [3.05, 3.63) is 30.0 Å². The Morgan fingerprint density at radius 1 is 1.42 bits per heavy atom. The topological polar surface area (TPSA) is 58.9 Å². The van der Waals surface area contributed by atoms with E-state index in [9.17, 15) is 4.79 Å². The van der Waals surface area contributed by atoms with Crippen molar-refractivity contribution in [2.75, 3.05) is 5.73 Å². The molecule has 0 fully saturated rings. The van der Waals surface area contributed by atoms with Crippen molar-refractivity contribution >= 4 is 22.9 Å².